The minimum absolute atomic E-state index is 0.368. The van der Waals surface area contributed by atoms with E-state index in [1.54, 1.807) is 35.5 Å². The Labute approximate surface area is 81.4 Å². The standard InChI is InChI=1S/C9H10N4O/c1-13-6-8(5-12-13)14-7-9-10-3-2-4-11-9/h2-6H,7H2,1H3. The number of nitrogens with zero attached hydrogens (tertiary/aromatic N) is 4. The summed E-state index contributed by atoms with van der Waals surface area (Å²) >= 11 is 0. The van der Waals surface area contributed by atoms with Crippen LogP contribution in [0.25, 0.3) is 0 Å². The number of hydrogen-bond donors (Lipinski definition) is 0. The second-order valence-electron chi connectivity index (χ2n) is 2.80. The first-order valence-corrected chi connectivity index (χ1v) is 4.22. The normalized spacial score (nSPS) is 10.1. The molecule has 0 aliphatic rings. The number of rotatable bonds is 3. The molecule has 0 atom stereocenters. The first kappa shape index (κ1) is 8.68. The van der Waals surface area contributed by atoms with E-state index in [2.05, 4.69) is 15.1 Å². The largest absolute Gasteiger partial charge is 0.482 e. The van der Waals surface area contributed by atoms with Crippen molar-refractivity contribution >= 4 is 0 Å². The summed E-state index contributed by atoms with van der Waals surface area (Å²) in [5.74, 6) is 1.39. The minimum Gasteiger partial charge on any atom is -0.482 e. The summed E-state index contributed by atoms with van der Waals surface area (Å²) in [5.41, 5.74) is 0. The summed E-state index contributed by atoms with van der Waals surface area (Å²) in [6.45, 7) is 0.368. The smallest absolute Gasteiger partial charge is 0.166 e. The molecule has 0 unspecified atom stereocenters. The van der Waals surface area contributed by atoms with Gasteiger partial charge in [-0.25, -0.2) is 9.97 Å². The number of ether oxygens (including phenoxy) is 1. The van der Waals surface area contributed by atoms with Crippen LogP contribution in [0.4, 0.5) is 0 Å². The van der Waals surface area contributed by atoms with Crippen LogP contribution in [-0.2, 0) is 13.7 Å². The van der Waals surface area contributed by atoms with E-state index in [1.165, 1.54) is 0 Å². The van der Waals surface area contributed by atoms with Gasteiger partial charge in [0, 0.05) is 19.4 Å². The summed E-state index contributed by atoms with van der Waals surface area (Å²) in [6, 6.07) is 1.77. The predicted molar refractivity (Wildman–Crippen MR) is 49.6 cm³/mol. The van der Waals surface area contributed by atoms with Crippen LogP contribution in [0.15, 0.2) is 30.9 Å². The zero-order valence-electron chi connectivity index (χ0n) is 7.79. The van der Waals surface area contributed by atoms with Gasteiger partial charge in [0.1, 0.15) is 6.61 Å². The molecular weight excluding hydrogens is 180 g/mol. The van der Waals surface area contributed by atoms with Crippen LogP contribution < -0.4 is 4.74 Å². The van der Waals surface area contributed by atoms with Gasteiger partial charge in [-0.15, -0.1) is 0 Å². The van der Waals surface area contributed by atoms with Crippen molar-refractivity contribution in [3.05, 3.63) is 36.7 Å². The predicted octanol–water partition coefficient (Wildman–Crippen LogP) is 0.789. The lowest BCUT2D eigenvalue weighted by atomic mass is 10.5. The van der Waals surface area contributed by atoms with Crippen molar-refractivity contribution in [1.82, 2.24) is 19.7 Å². The number of aryl methyl sites for hydroxylation is 1. The Morgan fingerprint density at radius 3 is 2.79 bits per heavy atom. The van der Waals surface area contributed by atoms with Crippen molar-refractivity contribution in [2.75, 3.05) is 0 Å². The molecule has 2 rings (SSSR count). The van der Waals surface area contributed by atoms with E-state index in [0.29, 0.717) is 12.4 Å². The maximum atomic E-state index is 5.40. The van der Waals surface area contributed by atoms with E-state index in [9.17, 15) is 0 Å². The highest BCUT2D eigenvalue weighted by atomic mass is 16.5. The van der Waals surface area contributed by atoms with Crippen molar-refractivity contribution < 1.29 is 4.74 Å². The zero-order valence-corrected chi connectivity index (χ0v) is 7.79. The second kappa shape index (κ2) is 3.87. The van der Waals surface area contributed by atoms with E-state index < -0.39 is 0 Å². The van der Waals surface area contributed by atoms with Crippen molar-refractivity contribution in [3.63, 3.8) is 0 Å². The van der Waals surface area contributed by atoms with E-state index in [0.717, 1.165) is 5.75 Å². The molecule has 5 heteroatoms. The molecule has 0 saturated heterocycles. The summed E-state index contributed by atoms with van der Waals surface area (Å²) in [5, 5.41) is 3.98. The average molecular weight is 190 g/mol. The molecular formula is C9H10N4O. The Hall–Kier alpha value is -1.91. The summed E-state index contributed by atoms with van der Waals surface area (Å²) in [7, 11) is 1.84. The monoisotopic (exact) mass is 190 g/mol. The van der Waals surface area contributed by atoms with Gasteiger partial charge in [-0.1, -0.05) is 0 Å². The quantitative estimate of drug-likeness (QED) is 0.718. The molecule has 0 fully saturated rings. The minimum atomic E-state index is 0.368. The Kier molecular flexibility index (Phi) is 2.40. The Morgan fingerprint density at radius 1 is 1.36 bits per heavy atom. The molecule has 0 amide bonds. The van der Waals surface area contributed by atoms with Crippen LogP contribution in [0.1, 0.15) is 5.82 Å². The third kappa shape index (κ3) is 2.07. The number of hydrogen-bond acceptors (Lipinski definition) is 4. The Bertz CT molecular complexity index is 398. The highest BCUT2D eigenvalue weighted by molar-refractivity contribution is 5.11. The highest BCUT2D eigenvalue weighted by Crippen LogP contribution is 2.08. The lowest BCUT2D eigenvalue weighted by Gasteiger charge is -2.00. The van der Waals surface area contributed by atoms with Crippen LogP contribution in [0.2, 0.25) is 0 Å². The lowest BCUT2D eigenvalue weighted by molar-refractivity contribution is 0.295. The van der Waals surface area contributed by atoms with E-state index in [4.69, 9.17) is 4.74 Å². The second-order valence-corrected chi connectivity index (χ2v) is 2.80. The molecule has 0 spiro atoms. The molecule has 0 aromatic carbocycles. The SMILES string of the molecule is Cn1cc(OCc2ncccn2)cn1. The van der Waals surface area contributed by atoms with E-state index in [-0.39, 0.29) is 0 Å². The number of aromatic nitrogens is 4. The molecule has 0 aliphatic heterocycles. The summed E-state index contributed by atoms with van der Waals surface area (Å²) in [6.07, 6.45) is 6.83. The first-order chi connectivity index (χ1) is 6.84. The van der Waals surface area contributed by atoms with Crippen LogP contribution >= 0.6 is 0 Å². The van der Waals surface area contributed by atoms with Gasteiger partial charge >= 0.3 is 0 Å². The molecule has 0 radical (unpaired) electrons. The molecule has 14 heavy (non-hydrogen) atoms. The van der Waals surface area contributed by atoms with Gasteiger partial charge in [0.05, 0.1) is 12.4 Å². The van der Waals surface area contributed by atoms with E-state index >= 15 is 0 Å². The molecule has 2 aromatic heterocycles. The van der Waals surface area contributed by atoms with Gasteiger partial charge in [0.2, 0.25) is 0 Å². The van der Waals surface area contributed by atoms with Crippen molar-refractivity contribution in [3.8, 4) is 5.75 Å². The molecule has 2 heterocycles. The molecule has 0 saturated carbocycles. The van der Waals surface area contributed by atoms with E-state index in [1.807, 2.05) is 7.05 Å². The van der Waals surface area contributed by atoms with Gasteiger partial charge in [0.15, 0.2) is 11.6 Å². The fourth-order valence-corrected chi connectivity index (χ4v) is 1.03. The molecule has 2 aromatic rings. The van der Waals surface area contributed by atoms with Gasteiger partial charge in [0.25, 0.3) is 0 Å². The van der Waals surface area contributed by atoms with Crippen molar-refractivity contribution in [2.45, 2.75) is 6.61 Å². The first-order valence-electron chi connectivity index (χ1n) is 4.22. The third-order valence-corrected chi connectivity index (χ3v) is 1.67. The molecule has 5 nitrogen and oxygen atoms in total. The lowest BCUT2D eigenvalue weighted by Crippen LogP contribution is -1.99. The highest BCUT2D eigenvalue weighted by Gasteiger charge is 1.98. The van der Waals surface area contributed by atoms with Crippen LogP contribution in [-0.4, -0.2) is 19.7 Å². The fraction of sp³-hybridized carbons (Fsp3) is 0.222. The molecule has 0 aliphatic carbocycles. The molecule has 0 bridgehead atoms. The molecule has 72 valence electrons. The molecule has 0 N–H and O–H groups in total. The summed E-state index contributed by atoms with van der Waals surface area (Å²) in [4.78, 5) is 8.07. The maximum Gasteiger partial charge on any atom is 0.166 e. The van der Waals surface area contributed by atoms with Crippen LogP contribution in [0, 0.1) is 0 Å². The van der Waals surface area contributed by atoms with Crippen molar-refractivity contribution in [2.24, 2.45) is 7.05 Å². The average Bonchev–Trinajstić information content (AvgIpc) is 2.63. The summed E-state index contributed by atoms with van der Waals surface area (Å²) < 4.78 is 7.09. The van der Waals surface area contributed by atoms with Gasteiger partial charge in [-0.3, -0.25) is 4.68 Å². The Morgan fingerprint density at radius 2 is 2.14 bits per heavy atom. The van der Waals surface area contributed by atoms with Crippen LogP contribution in [0.3, 0.4) is 0 Å². The van der Waals surface area contributed by atoms with Gasteiger partial charge in [-0.2, -0.15) is 5.10 Å². The zero-order chi connectivity index (χ0) is 9.80. The third-order valence-electron chi connectivity index (χ3n) is 1.67. The Balaban J connectivity index is 1.95. The van der Waals surface area contributed by atoms with Gasteiger partial charge in [-0.05, 0) is 6.07 Å². The topological polar surface area (TPSA) is 52.8 Å². The maximum absolute atomic E-state index is 5.40. The van der Waals surface area contributed by atoms with Crippen LogP contribution in [0.5, 0.6) is 5.75 Å². The van der Waals surface area contributed by atoms with Crippen molar-refractivity contribution in [1.29, 1.82) is 0 Å². The van der Waals surface area contributed by atoms with Gasteiger partial charge < -0.3 is 4.74 Å². The fourth-order valence-electron chi connectivity index (χ4n) is 1.03.